The molecule has 0 radical (unpaired) electrons. The minimum atomic E-state index is -0.129. The van der Waals surface area contributed by atoms with Crippen LogP contribution in [-0.4, -0.2) is 4.57 Å². The zero-order chi connectivity index (χ0) is 36.0. The molecule has 1 aliphatic carbocycles. The predicted molar refractivity (Wildman–Crippen MR) is 227 cm³/mol. The second-order valence-corrected chi connectivity index (χ2v) is 15.1. The molecule has 8 aromatic carbocycles. The summed E-state index contributed by atoms with van der Waals surface area (Å²) in [5.41, 5.74) is 17.9. The SMILES string of the molecule is CC1(C)c2ccc3cc2-c2cc(ccc21)N(c1ccc2c(c1)c1ccccc1n2-c1ccccc1)c1cccc(c1)-c1cccc(c1)N3c1ccccc1. The van der Waals surface area contributed by atoms with Gasteiger partial charge in [-0.2, -0.15) is 0 Å². The van der Waals surface area contributed by atoms with Gasteiger partial charge in [-0.05, 0) is 130 Å². The van der Waals surface area contributed by atoms with Crippen LogP contribution in [0.4, 0.5) is 34.1 Å². The molecular formula is C51H37N3. The van der Waals surface area contributed by atoms with Crippen LogP contribution in [0.5, 0.6) is 0 Å². The minimum absolute atomic E-state index is 0.129. The maximum absolute atomic E-state index is 2.44. The molecule has 54 heavy (non-hydrogen) atoms. The lowest BCUT2D eigenvalue weighted by Gasteiger charge is -2.28. The molecule has 0 atom stereocenters. The molecule has 8 bridgehead atoms. The topological polar surface area (TPSA) is 11.4 Å². The Kier molecular flexibility index (Phi) is 6.60. The Balaban J connectivity index is 1.19. The van der Waals surface area contributed by atoms with Crippen LogP contribution in [-0.2, 0) is 5.41 Å². The predicted octanol–water partition coefficient (Wildman–Crippen LogP) is 14.0. The van der Waals surface area contributed by atoms with Crippen molar-refractivity contribution in [3.63, 3.8) is 0 Å². The summed E-state index contributed by atoms with van der Waals surface area (Å²) >= 11 is 0. The molecule has 3 heteroatoms. The zero-order valence-corrected chi connectivity index (χ0v) is 30.2. The van der Waals surface area contributed by atoms with E-state index in [2.05, 4.69) is 216 Å². The molecule has 0 amide bonds. The van der Waals surface area contributed by atoms with E-state index in [1.165, 1.54) is 55.2 Å². The lowest BCUT2D eigenvalue weighted by molar-refractivity contribution is 0.660. The summed E-state index contributed by atoms with van der Waals surface area (Å²) in [6.07, 6.45) is 0. The molecular weight excluding hydrogens is 655 g/mol. The Labute approximate surface area is 315 Å². The van der Waals surface area contributed by atoms with Crippen molar-refractivity contribution in [1.82, 2.24) is 4.57 Å². The summed E-state index contributed by atoms with van der Waals surface area (Å²) in [5.74, 6) is 0. The van der Waals surface area contributed by atoms with Gasteiger partial charge in [0, 0.05) is 56.0 Å². The Morgan fingerprint density at radius 1 is 0.333 bits per heavy atom. The molecule has 2 heterocycles. The highest BCUT2D eigenvalue weighted by Crippen LogP contribution is 2.53. The van der Waals surface area contributed by atoms with E-state index in [0.717, 1.165) is 39.8 Å². The van der Waals surface area contributed by atoms with Gasteiger partial charge in [-0.25, -0.2) is 0 Å². The van der Waals surface area contributed by atoms with E-state index in [1.54, 1.807) is 0 Å². The normalized spacial score (nSPS) is 13.8. The van der Waals surface area contributed by atoms with E-state index in [4.69, 9.17) is 0 Å². The molecule has 2 aliphatic rings. The van der Waals surface area contributed by atoms with Crippen molar-refractivity contribution in [3.05, 3.63) is 199 Å². The summed E-state index contributed by atoms with van der Waals surface area (Å²) in [5, 5.41) is 2.47. The summed E-state index contributed by atoms with van der Waals surface area (Å²) in [6, 6.07) is 69.3. The molecule has 0 N–H and O–H groups in total. The molecule has 9 aromatic rings. The van der Waals surface area contributed by atoms with Gasteiger partial charge in [0.2, 0.25) is 0 Å². The highest BCUT2D eigenvalue weighted by Gasteiger charge is 2.36. The molecule has 0 fully saturated rings. The lowest BCUT2D eigenvalue weighted by atomic mass is 9.82. The van der Waals surface area contributed by atoms with Gasteiger partial charge in [0.1, 0.15) is 0 Å². The summed E-state index contributed by atoms with van der Waals surface area (Å²) in [4.78, 5) is 4.83. The fourth-order valence-corrected chi connectivity index (χ4v) is 9.10. The Morgan fingerprint density at radius 3 is 1.43 bits per heavy atom. The van der Waals surface area contributed by atoms with Crippen molar-refractivity contribution in [2.24, 2.45) is 0 Å². The molecule has 1 aliphatic heterocycles. The fourth-order valence-electron chi connectivity index (χ4n) is 9.10. The van der Waals surface area contributed by atoms with Gasteiger partial charge in [0.25, 0.3) is 0 Å². The van der Waals surface area contributed by atoms with Gasteiger partial charge in [0.05, 0.1) is 11.0 Å². The molecule has 0 saturated heterocycles. The minimum Gasteiger partial charge on any atom is -0.310 e. The second-order valence-electron chi connectivity index (χ2n) is 15.1. The van der Waals surface area contributed by atoms with Crippen molar-refractivity contribution < 1.29 is 0 Å². The first-order valence-electron chi connectivity index (χ1n) is 18.8. The third-order valence-corrected chi connectivity index (χ3v) is 11.6. The number of hydrogen-bond acceptors (Lipinski definition) is 2. The molecule has 1 aromatic heterocycles. The van der Waals surface area contributed by atoms with Gasteiger partial charge in [-0.15, -0.1) is 0 Å². The van der Waals surface area contributed by atoms with Gasteiger partial charge in [-0.1, -0.05) is 105 Å². The lowest BCUT2D eigenvalue weighted by Crippen LogP contribution is -2.16. The van der Waals surface area contributed by atoms with E-state index in [9.17, 15) is 0 Å². The van der Waals surface area contributed by atoms with Crippen molar-refractivity contribution >= 4 is 55.9 Å². The third-order valence-electron chi connectivity index (χ3n) is 11.6. The van der Waals surface area contributed by atoms with E-state index in [0.29, 0.717) is 0 Å². The van der Waals surface area contributed by atoms with Gasteiger partial charge in [0.15, 0.2) is 0 Å². The molecule has 0 saturated carbocycles. The number of anilines is 6. The van der Waals surface area contributed by atoms with E-state index < -0.39 is 0 Å². The van der Waals surface area contributed by atoms with E-state index in [-0.39, 0.29) is 5.41 Å². The number of nitrogens with zero attached hydrogens (tertiary/aromatic N) is 3. The van der Waals surface area contributed by atoms with Gasteiger partial charge in [-0.3, -0.25) is 0 Å². The smallest absolute Gasteiger partial charge is 0.0542 e. The van der Waals surface area contributed by atoms with Gasteiger partial charge < -0.3 is 14.4 Å². The van der Waals surface area contributed by atoms with Crippen LogP contribution in [0, 0.1) is 0 Å². The van der Waals surface area contributed by atoms with Crippen LogP contribution < -0.4 is 9.80 Å². The first-order chi connectivity index (χ1) is 26.5. The quantitative estimate of drug-likeness (QED) is 0.183. The molecule has 11 rings (SSSR count). The van der Waals surface area contributed by atoms with Crippen LogP contribution in [0.2, 0.25) is 0 Å². The summed E-state index contributed by atoms with van der Waals surface area (Å²) in [6.45, 7) is 4.72. The maximum Gasteiger partial charge on any atom is 0.0542 e. The van der Waals surface area contributed by atoms with Crippen molar-refractivity contribution in [1.29, 1.82) is 0 Å². The van der Waals surface area contributed by atoms with Crippen LogP contribution in [0.25, 0.3) is 49.7 Å². The number of para-hydroxylation sites is 3. The van der Waals surface area contributed by atoms with Crippen molar-refractivity contribution in [2.75, 3.05) is 9.80 Å². The first kappa shape index (κ1) is 30.8. The molecule has 0 unspecified atom stereocenters. The third kappa shape index (κ3) is 4.55. The van der Waals surface area contributed by atoms with Crippen molar-refractivity contribution in [2.45, 2.75) is 19.3 Å². The summed E-state index contributed by atoms with van der Waals surface area (Å²) < 4.78 is 2.38. The number of hydrogen-bond donors (Lipinski definition) is 0. The summed E-state index contributed by atoms with van der Waals surface area (Å²) in [7, 11) is 0. The Bertz CT molecular complexity index is 2920. The highest BCUT2D eigenvalue weighted by molar-refractivity contribution is 6.10. The Morgan fingerprint density at radius 2 is 0.796 bits per heavy atom. The van der Waals surface area contributed by atoms with Gasteiger partial charge >= 0.3 is 0 Å². The number of aromatic nitrogens is 1. The first-order valence-corrected chi connectivity index (χ1v) is 18.8. The van der Waals surface area contributed by atoms with E-state index in [1.807, 2.05) is 0 Å². The average Bonchev–Trinajstić information content (AvgIpc) is 3.66. The molecule has 3 nitrogen and oxygen atoms in total. The zero-order valence-electron chi connectivity index (χ0n) is 30.2. The number of fused-ring (bicyclic) bond motifs is 10. The van der Waals surface area contributed by atoms with Crippen molar-refractivity contribution in [3.8, 4) is 27.9 Å². The van der Waals surface area contributed by atoms with Crippen LogP contribution in [0.15, 0.2) is 188 Å². The van der Waals surface area contributed by atoms with E-state index >= 15 is 0 Å². The number of rotatable bonds is 3. The van der Waals surface area contributed by atoms with Crippen LogP contribution >= 0.6 is 0 Å². The molecule has 0 spiro atoms. The monoisotopic (exact) mass is 691 g/mol. The Hall–Kier alpha value is -6.84. The van der Waals surface area contributed by atoms with Crippen LogP contribution in [0.3, 0.4) is 0 Å². The highest BCUT2D eigenvalue weighted by atomic mass is 15.1. The standard InChI is InChI=1S/C51H37N3/c1-51(2)47-26-23-40-31-44(47)45-32-41(24-27-48(45)51)53(39-20-12-14-35(30-39)34-13-11-19-38(29-34)52(40)36-15-5-3-6-16-36)42-25-28-50-46(33-42)43-21-9-10-22-49(43)54(50)37-17-7-4-8-18-37/h3-33H,1-2H3. The number of benzene rings is 8. The molecule has 256 valence electrons. The maximum atomic E-state index is 2.44. The second kappa shape index (κ2) is 11.6. The largest absolute Gasteiger partial charge is 0.310 e. The fraction of sp³-hybridized carbons (Fsp3) is 0.0588. The average molecular weight is 692 g/mol. The van der Waals surface area contributed by atoms with Crippen LogP contribution in [0.1, 0.15) is 25.0 Å².